The van der Waals surface area contributed by atoms with Crippen LogP contribution in [0, 0.1) is 0 Å². The zero-order valence-corrected chi connectivity index (χ0v) is 20.6. The molecule has 34 heavy (non-hydrogen) atoms. The van der Waals surface area contributed by atoms with Crippen LogP contribution in [0.2, 0.25) is 5.02 Å². The maximum absolute atomic E-state index is 13.7. The molecule has 0 aromatic heterocycles. The van der Waals surface area contributed by atoms with Gasteiger partial charge in [0, 0.05) is 43.8 Å². The Morgan fingerprint density at radius 3 is 2.26 bits per heavy atom. The first-order chi connectivity index (χ1) is 16.3. The standard InChI is InChI=1S/C24H28ClN3O5S/c1-33-23(29)19-6-4-18(5-7-19)16-28(34(31,32)22-10-8-20(25)9-11-22)21-12-15-27(17-21)24(30)26-13-2-3-14-26/h4-11,21H,2-3,12-17H2,1H3. The lowest BCUT2D eigenvalue weighted by Gasteiger charge is -2.29. The van der Waals surface area contributed by atoms with Crippen LogP contribution in [0.25, 0.3) is 0 Å². The van der Waals surface area contributed by atoms with Crippen molar-refractivity contribution in [3.05, 3.63) is 64.7 Å². The van der Waals surface area contributed by atoms with Crippen molar-refractivity contribution in [2.45, 2.75) is 36.7 Å². The molecular weight excluding hydrogens is 478 g/mol. The Balaban J connectivity index is 1.59. The highest BCUT2D eigenvalue weighted by molar-refractivity contribution is 7.89. The molecule has 2 aromatic carbocycles. The molecule has 2 heterocycles. The molecule has 2 aliphatic heterocycles. The summed E-state index contributed by atoms with van der Waals surface area (Å²) in [4.78, 5) is 28.4. The van der Waals surface area contributed by atoms with E-state index in [0.717, 1.165) is 31.5 Å². The summed E-state index contributed by atoms with van der Waals surface area (Å²) in [6.45, 7) is 2.46. The predicted octanol–water partition coefficient (Wildman–Crippen LogP) is 3.61. The highest BCUT2D eigenvalue weighted by Crippen LogP contribution is 2.28. The van der Waals surface area contributed by atoms with E-state index in [1.807, 2.05) is 4.90 Å². The Bertz CT molecular complexity index is 1130. The quantitative estimate of drug-likeness (QED) is 0.560. The molecule has 0 bridgehead atoms. The summed E-state index contributed by atoms with van der Waals surface area (Å²) >= 11 is 5.97. The highest BCUT2D eigenvalue weighted by Gasteiger charge is 2.38. The van der Waals surface area contributed by atoms with Crippen molar-refractivity contribution < 1.29 is 22.7 Å². The van der Waals surface area contributed by atoms with Gasteiger partial charge in [-0.1, -0.05) is 23.7 Å². The average molecular weight is 506 g/mol. The lowest BCUT2D eigenvalue weighted by Crippen LogP contribution is -2.44. The van der Waals surface area contributed by atoms with Gasteiger partial charge in [-0.25, -0.2) is 18.0 Å². The van der Waals surface area contributed by atoms with E-state index < -0.39 is 16.0 Å². The Morgan fingerprint density at radius 1 is 1.00 bits per heavy atom. The maximum Gasteiger partial charge on any atom is 0.337 e. The molecule has 0 aliphatic carbocycles. The van der Waals surface area contributed by atoms with Gasteiger partial charge in [-0.3, -0.25) is 0 Å². The van der Waals surface area contributed by atoms with Crippen LogP contribution in [0.15, 0.2) is 53.4 Å². The van der Waals surface area contributed by atoms with E-state index >= 15 is 0 Å². The fraction of sp³-hybridized carbons (Fsp3) is 0.417. The van der Waals surface area contributed by atoms with Gasteiger partial charge in [0.15, 0.2) is 0 Å². The van der Waals surface area contributed by atoms with Crippen LogP contribution < -0.4 is 0 Å². The maximum atomic E-state index is 13.7. The molecule has 2 aromatic rings. The first-order valence-corrected chi connectivity index (χ1v) is 13.1. The minimum atomic E-state index is -3.87. The minimum absolute atomic E-state index is 0.0220. The lowest BCUT2D eigenvalue weighted by atomic mass is 10.1. The Labute approximate surface area is 205 Å². The number of ether oxygens (including phenoxy) is 1. The number of amides is 2. The van der Waals surface area contributed by atoms with Gasteiger partial charge in [0.25, 0.3) is 0 Å². The molecule has 2 saturated heterocycles. The molecule has 10 heteroatoms. The van der Waals surface area contributed by atoms with Gasteiger partial charge in [0.2, 0.25) is 10.0 Å². The van der Waals surface area contributed by atoms with Gasteiger partial charge >= 0.3 is 12.0 Å². The second kappa shape index (κ2) is 10.3. The number of esters is 1. The van der Waals surface area contributed by atoms with Crippen LogP contribution in [0.5, 0.6) is 0 Å². The second-order valence-electron chi connectivity index (χ2n) is 8.56. The Hall–Kier alpha value is -2.62. The number of urea groups is 1. The molecule has 1 atom stereocenters. The number of benzene rings is 2. The summed E-state index contributed by atoms with van der Waals surface area (Å²) in [5.41, 5.74) is 1.12. The van der Waals surface area contributed by atoms with Gasteiger partial charge in [0.1, 0.15) is 0 Å². The van der Waals surface area contributed by atoms with Gasteiger partial charge in [-0.15, -0.1) is 0 Å². The fourth-order valence-corrected chi connectivity index (χ4v) is 6.22. The fourth-order valence-electron chi connectivity index (χ4n) is 4.46. The van der Waals surface area contributed by atoms with Gasteiger partial charge in [-0.05, 0) is 61.2 Å². The van der Waals surface area contributed by atoms with E-state index in [1.165, 1.54) is 23.5 Å². The molecule has 0 spiro atoms. The molecule has 4 rings (SSSR count). The molecule has 0 saturated carbocycles. The summed E-state index contributed by atoms with van der Waals surface area (Å²) in [5.74, 6) is -0.455. The molecule has 0 radical (unpaired) electrons. The number of rotatable bonds is 6. The Kier molecular flexibility index (Phi) is 7.45. The Morgan fingerprint density at radius 2 is 1.65 bits per heavy atom. The van der Waals surface area contributed by atoms with Crippen LogP contribution in [0.3, 0.4) is 0 Å². The third kappa shape index (κ3) is 5.21. The number of sulfonamides is 1. The number of likely N-dealkylation sites (tertiary alicyclic amines) is 2. The van der Waals surface area contributed by atoms with Crippen molar-refractivity contribution in [2.75, 3.05) is 33.3 Å². The first-order valence-electron chi connectivity index (χ1n) is 11.3. The molecule has 2 fully saturated rings. The van der Waals surface area contributed by atoms with Gasteiger partial charge in [0.05, 0.1) is 17.6 Å². The SMILES string of the molecule is COC(=O)c1ccc(CN(C2CCN(C(=O)N3CCCC3)C2)S(=O)(=O)c2ccc(Cl)cc2)cc1. The van der Waals surface area contributed by atoms with Crippen LogP contribution >= 0.6 is 11.6 Å². The van der Waals surface area contributed by atoms with E-state index in [-0.39, 0.29) is 23.5 Å². The molecular formula is C24H28ClN3O5S. The van der Waals surface area contributed by atoms with E-state index in [9.17, 15) is 18.0 Å². The lowest BCUT2D eigenvalue weighted by molar-refractivity contribution is 0.0600. The third-order valence-corrected chi connectivity index (χ3v) is 8.52. The smallest absolute Gasteiger partial charge is 0.337 e. The van der Waals surface area contributed by atoms with Crippen molar-refractivity contribution in [2.24, 2.45) is 0 Å². The number of hydrogen-bond donors (Lipinski definition) is 0. The minimum Gasteiger partial charge on any atom is -0.465 e. The van der Waals surface area contributed by atoms with Crippen molar-refractivity contribution >= 4 is 33.6 Å². The number of hydrogen-bond acceptors (Lipinski definition) is 5. The number of halogens is 1. The monoisotopic (exact) mass is 505 g/mol. The highest BCUT2D eigenvalue weighted by atomic mass is 35.5. The molecule has 2 aliphatic rings. The summed E-state index contributed by atoms with van der Waals surface area (Å²) in [7, 11) is -2.56. The average Bonchev–Trinajstić information content (AvgIpc) is 3.55. The molecule has 1 unspecified atom stereocenters. The summed E-state index contributed by atoms with van der Waals surface area (Å²) < 4.78 is 33.6. The zero-order valence-electron chi connectivity index (χ0n) is 19.0. The summed E-state index contributed by atoms with van der Waals surface area (Å²) in [5, 5.41) is 0.451. The van der Waals surface area contributed by atoms with E-state index in [4.69, 9.17) is 16.3 Å². The molecule has 182 valence electrons. The number of carbonyl (C=O) groups is 2. The van der Waals surface area contributed by atoms with Crippen molar-refractivity contribution in [3.63, 3.8) is 0 Å². The third-order valence-electron chi connectivity index (χ3n) is 6.35. The predicted molar refractivity (Wildman–Crippen MR) is 128 cm³/mol. The van der Waals surface area contributed by atoms with Crippen LogP contribution in [-0.2, 0) is 21.3 Å². The van der Waals surface area contributed by atoms with E-state index in [2.05, 4.69) is 0 Å². The van der Waals surface area contributed by atoms with E-state index in [0.29, 0.717) is 30.1 Å². The topological polar surface area (TPSA) is 87.2 Å². The largest absolute Gasteiger partial charge is 0.465 e. The zero-order chi connectivity index (χ0) is 24.3. The van der Waals surface area contributed by atoms with Gasteiger partial charge in [-0.2, -0.15) is 4.31 Å². The van der Waals surface area contributed by atoms with Crippen LogP contribution in [0.1, 0.15) is 35.2 Å². The number of nitrogens with zero attached hydrogens (tertiary/aromatic N) is 3. The normalized spacial score (nSPS) is 18.5. The summed E-state index contributed by atoms with van der Waals surface area (Å²) in [6, 6.07) is 12.4. The molecule has 8 nitrogen and oxygen atoms in total. The van der Waals surface area contributed by atoms with Crippen LogP contribution in [-0.4, -0.2) is 73.9 Å². The van der Waals surface area contributed by atoms with Crippen molar-refractivity contribution in [1.29, 1.82) is 0 Å². The first kappa shape index (κ1) is 24.5. The van der Waals surface area contributed by atoms with E-state index in [1.54, 1.807) is 41.3 Å². The summed E-state index contributed by atoms with van der Waals surface area (Å²) in [6.07, 6.45) is 2.55. The van der Waals surface area contributed by atoms with Crippen molar-refractivity contribution in [1.82, 2.24) is 14.1 Å². The molecule has 0 N–H and O–H groups in total. The second-order valence-corrected chi connectivity index (χ2v) is 10.9. The number of methoxy groups -OCH3 is 1. The molecule has 2 amide bonds. The van der Waals surface area contributed by atoms with Gasteiger partial charge < -0.3 is 14.5 Å². The van der Waals surface area contributed by atoms with Crippen molar-refractivity contribution in [3.8, 4) is 0 Å². The number of carbonyl (C=O) groups excluding carboxylic acids is 2. The van der Waals surface area contributed by atoms with Crippen LogP contribution in [0.4, 0.5) is 4.79 Å².